The number of nitrogens with zero attached hydrogens (tertiary/aromatic N) is 2. The molecule has 0 spiro atoms. The highest BCUT2D eigenvalue weighted by Gasteiger charge is 2.35. The van der Waals surface area contributed by atoms with E-state index >= 15 is 4.39 Å². The highest BCUT2D eigenvalue weighted by molar-refractivity contribution is 7.92. The zero-order valence-electron chi connectivity index (χ0n) is 26.4. The molecule has 0 aliphatic rings. The first-order valence-electron chi connectivity index (χ1n) is 15.1. The molecule has 4 aromatic rings. The Hall–Kier alpha value is -4.21. The average molecular weight is 664 g/mol. The second-order valence-electron chi connectivity index (χ2n) is 11.7. The van der Waals surface area contributed by atoms with Gasteiger partial charge in [-0.15, -0.1) is 0 Å². The van der Waals surface area contributed by atoms with Crippen molar-refractivity contribution in [3.63, 3.8) is 0 Å². The van der Waals surface area contributed by atoms with Crippen LogP contribution in [0.15, 0.2) is 102 Å². The minimum Gasteiger partial charge on any atom is -0.354 e. The minimum atomic E-state index is -4.28. The van der Waals surface area contributed by atoms with Gasteiger partial charge in [-0.3, -0.25) is 13.9 Å². The largest absolute Gasteiger partial charge is 0.354 e. The van der Waals surface area contributed by atoms with Crippen LogP contribution in [0.5, 0.6) is 0 Å². The fourth-order valence-corrected chi connectivity index (χ4v) is 6.47. The van der Waals surface area contributed by atoms with E-state index in [4.69, 9.17) is 11.6 Å². The molecule has 0 aliphatic heterocycles. The molecule has 4 rings (SSSR count). The number of nitrogens with one attached hydrogen (secondary N) is 1. The van der Waals surface area contributed by atoms with E-state index in [0.717, 1.165) is 21.0 Å². The lowest BCUT2D eigenvalue weighted by molar-refractivity contribution is -0.140. The number of sulfonamides is 1. The lowest BCUT2D eigenvalue weighted by Gasteiger charge is -2.34. The van der Waals surface area contributed by atoms with Gasteiger partial charge in [0, 0.05) is 30.1 Å². The first-order valence-corrected chi connectivity index (χ1v) is 16.9. The number of hydrogen-bond acceptors (Lipinski definition) is 4. The molecule has 2 amide bonds. The number of benzene rings is 4. The maximum absolute atomic E-state index is 15.1. The Balaban J connectivity index is 1.82. The van der Waals surface area contributed by atoms with Crippen molar-refractivity contribution in [2.45, 2.75) is 51.6 Å². The first kappa shape index (κ1) is 34.7. The molecule has 0 saturated carbocycles. The van der Waals surface area contributed by atoms with Crippen LogP contribution >= 0.6 is 11.6 Å². The molecule has 0 aromatic heterocycles. The molecule has 0 aliphatic carbocycles. The Morgan fingerprint density at radius 1 is 0.891 bits per heavy atom. The third-order valence-corrected chi connectivity index (χ3v) is 9.78. The summed E-state index contributed by atoms with van der Waals surface area (Å²) >= 11 is 6.43. The Bertz CT molecular complexity index is 1770. The van der Waals surface area contributed by atoms with Crippen LogP contribution in [0.2, 0.25) is 5.02 Å². The Morgan fingerprint density at radius 2 is 1.54 bits per heavy atom. The Kier molecular flexibility index (Phi) is 11.6. The van der Waals surface area contributed by atoms with Gasteiger partial charge in [0.15, 0.2) is 0 Å². The lowest BCUT2D eigenvalue weighted by Crippen LogP contribution is -2.53. The van der Waals surface area contributed by atoms with E-state index in [1.807, 2.05) is 51.1 Å². The molecule has 4 aromatic carbocycles. The van der Waals surface area contributed by atoms with Gasteiger partial charge in [0.25, 0.3) is 10.0 Å². The summed E-state index contributed by atoms with van der Waals surface area (Å²) in [6.45, 7) is 6.98. The van der Waals surface area contributed by atoms with E-state index < -0.39 is 40.2 Å². The molecule has 7 nitrogen and oxygen atoms in total. The quantitative estimate of drug-likeness (QED) is 0.172. The first-order chi connectivity index (χ1) is 21.9. The molecule has 242 valence electrons. The van der Waals surface area contributed by atoms with E-state index in [9.17, 15) is 18.0 Å². The monoisotopic (exact) mass is 663 g/mol. The van der Waals surface area contributed by atoms with Gasteiger partial charge in [0.2, 0.25) is 11.8 Å². The van der Waals surface area contributed by atoms with E-state index in [1.165, 1.54) is 29.2 Å². The zero-order chi connectivity index (χ0) is 33.4. The maximum Gasteiger partial charge on any atom is 0.264 e. The van der Waals surface area contributed by atoms with Gasteiger partial charge in [-0.2, -0.15) is 0 Å². The van der Waals surface area contributed by atoms with E-state index in [1.54, 1.807) is 49.4 Å². The average Bonchev–Trinajstić information content (AvgIpc) is 3.03. The van der Waals surface area contributed by atoms with Crippen LogP contribution in [0.3, 0.4) is 0 Å². The summed E-state index contributed by atoms with van der Waals surface area (Å²) in [6, 6.07) is 25.2. The number of hydrogen-bond donors (Lipinski definition) is 1. The van der Waals surface area contributed by atoms with E-state index in [-0.39, 0.29) is 35.0 Å². The van der Waals surface area contributed by atoms with Crippen molar-refractivity contribution in [3.8, 4) is 0 Å². The summed E-state index contributed by atoms with van der Waals surface area (Å²) in [5, 5.41) is 3.25. The molecule has 0 heterocycles. The molecular weight excluding hydrogens is 625 g/mol. The smallest absolute Gasteiger partial charge is 0.264 e. The standard InChI is InChI=1S/C36H39ClFN3O4S/c1-25(2)22-39-36(43)34(20-28-10-6-5-7-11-28)40(23-29-12-8-9-13-33(29)38)35(42)24-41(30-17-16-27(4)32(37)21-30)46(44,45)31-18-14-26(3)15-19-31/h5-19,21,25,34H,20,22-24H2,1-4H3,(H,39,43)/t34-/m0/s1. The van der Waals surface area contributed by atoms with Gasteiger partial charge in [-0.1, -0.05) is 97.7 Å². The number of halogens is 2. The predicted molar refractivity (Wildman–Crippen MR) is 181 cm³/mol. The third-order valence-electron chi connectivity index (χ3n) is 7.59. The van der Waals surface area contributed by atoms with Crippen LogP contribution < -0.4 is 9.62 Å². The number of rotatable bonds is 13. The Morgan fingerprint density at radius 3 is 2.17 bits per heavy atom. The molecule has 1 N–H and O–H groups in total. The van der Waals surface area contributed by atoms with Crippen LogP contribution in [0, 0.1) is 25.6 Å². The number of anilines is 1. The molecule has 0 radical (unpaired) electrons. The van der Waals surface area contributed by atoms with Crippen molar-refractivity contribution < 1.29 is 22.4 Å². The van der Waals surface area contributed by atoms with Gasteiger partial charge in [0.05, 0.1) is 10.6 Å². The summed E-state index contributed by atoms with van der Waals surface area (Å²) < 4.78 is 44.4. The molecule has 46 heavy (non-hydrogen) atoms. The molecule has 10 heteroatoms. The van der Waals surface area contributed by atoms with Crippen LogP contribution in [0.25, 0.3) is 0 Å². The van der Waals surface area contributed by atoms with E-state index in [2.05, 4.69) is 5.32 Å². The lowest BCUT2D eigenvalue weighted by atomic mass is 10.0. The van der Waals surface area contributed by atoms with Crippen LogP contribution in [0.4, 0.5) is 10.1 Å². The SMILES string of the molecule is Cc1ccc(S(=O)(=O)N(CC(=O)N(Cc2ccccc2F)[C@@H](Cc2ccccc2)C(=O)NCC(C)C)c2ccc(C)c(Cl)c2)cc1. The summed E-state index contributed by atoms with van der Waals surface area (Å²) in [5.41, 5.74) is 2.76. The molecule has 0 unspecified atom stereocenters. The highest BCUT2D eigenvalue weighted by Crippen LogP contribution is 2.29. The van der Waals surface area contributed by atoms with Crippen molar-refractivity contribution in [2.75, 3.05) is 17.4 Å². The summed E-state index contributed by atoms with van der Waals surface area (Å²) in [6.07, 6.45) is 0.131. The van der Waals surface area contributed by atoms with Crippen molar-refractivity contribution in [3.05, 3.63) is 130 Å². The second-order valence-corrected chi connectivity index (χ2v) is 14.0. The Labute approximate surface area is 276 Å². The zero-order valence-corrected chi connectivity index (χ0v) is 28.0. The molecule has 0 fully saturated rings. The van der Waals surface area contributed by atoms with E-state index in [0.29, 0.717) is 11.6 Å². The van der Waals surface area contributed by atoms with Gasteiger partial charge >= 0.3 is 0 Å². The number of carbonyl (C=O) groups is 2. The van der Waals surface area contributed by atoms with Crippen LogP contribution in [0.1, 0.15) is 36.1 Å². The van der Waals surface area contributed by atoms with Crippen LogP contribution in [-0.4, -0.2) is 44.3 Å². The number of carbonyl (C=O) groups excluding carboxylic acids is 2. The van der Waals surface area contributed by atoms with Gasteiger partial charge < -0.3 is 10.2 Å². The van der Waals surface area contributed by atoms with Crippen LogP contribution in [-0.2, 0) is 32.6 Å². The van der Waals surface area contributed by atoms with Crippen molar-refractivity contribution in [2.24, 2.45) is 5.92 Å². The fraction of sp³-hybridized carbons (Fsp3) is 0.278. The van der Waals surface area contributed by atoms with Gasteiger partial charge in [0.1, 0.15) is 18.4 Å². The number of amides is 2. The second kappa shape index (κ2) is 15.4. The summed E-state index contributed by atoms with van der Waals surface area (Å²) in [5.74, 6) is -1.51. The fourth-order valence-electron chi connectivity index (χ4n) is 4.89. The maximum atomic E-state index is 15.1. The molecule has 0 bridgehead atoms. The molecule has 1 atom stereocenters. The predicted octanol–water partition coefficient (Wildman–Crippen LogP) is 6.70. The van der Waals surface area contributed by atoms with Gasteiger partial charge in [-0.25, -0.2) is 12.8 Å². The normalized spacial score (nSPS) is 12.1. The summed E-state index contributed by atoms with van der Waals surface area (Å²) in [7, 11) is -4.28. The van der Waals surface area contributed by atoms with Crippen molar-refractivity contribution >= 4 is 39.1 Å². The topological polar surface area (TPSA) is 86.8 Å². The van der Waals surface area contributed by atoms with Crippen molar-refractivity contribution in [1.82, 2.24) is 10.2 Å². The highest BCUT2D eigenvalue weighted by atomic mass is 35.5. The summed E-state index contributed by atoms with van der Waals surface area (Å²) in [4.78, 5) is 29.6. The third kappa shape index (κ3) is 8.73. The number of aryl methyl sites for hydroxylation is 2. The molecular formula is C36H39ClFN3O4S. The minimum absolute atomic E-state index is 0.0150. The van der Waals surface area contributed by atoms with Crippen molar-refractivity contribution in [1.29, 1.82) is 0 Å². The van der Waals surface area contributed by atoms with Gasteiger partial charge in [-0.05, 0) is 61.2 Å². The molecule has 0 saturated heterocycles.